The Morgan fingerprint density at radius 1 is 1.18 bits per heavy atom. The molecule has 1 aromatic heterocycles. The van der Waals surface area contributed by atoms with E-state index in [0.717, 1.165) is 38.0 Å². The highest BCUT2D eigenvalue weighted by Crippen LogP contribution is 2.27. The topological polar surface area (TPSA) is 113 Å². The van der Waals surface area contributed by atoms with E-state index in [2.05, 4.69) is 51.0 Å². The summed E-state index contributed by atoms with van der Waals surface area (Å²) in [7, 11) is 2.13. The molecule has 3 rings (SSSR count). The van der Waals surface area contributed by atoms with Crippen molar-refractivity contribution in [3.63, 3.8) is 0 Å². The summed E-state index contributed by atoms with van der Waals surface area (Å²) in [5.41, 5.74) is 3.51. The molecule has 2 N–H and O–H groups in total. The van der Waals surface area contributed by atoms with Gasteiger partial charge < -0.3 is 19.8 Å². The van der Waals surface area contributed by atoms with Crippen LogP contribution in [0.25, 0.3) is 5.57 Å². The highest BCUT2D eigenvalue weighted by atomic mass is 32.1. The summed E-state index contributed by atoms with van der Waals surface area (Å²) in [5.74, 6) is -2.95. The van der Waals surface area contributed by atoms with E-state index in [9.17, 15) is 0 Å². The van der Waals surface area contributed by atoms with Crippen LogP contribution in [0.3, 0.4) is 0 Å². The highest BCUT2D eigenvalue weighted by Gasteiger charge is 2.18. The van der Waals surface area contributed by atoms with Crippen LogP contribution in [0.1, 0.15) is 24.1 Å². The van der Waals surface area contributed by atoms with Gasteiger partial charge in [-0.1, -0.05) is 36.4 Å². The molecule has 0 saturated carbocycles. The van der Waals surface area contributed by atoms with Crippen LogP contribution in [-0.4, -0.2) is 62.5 Å². The second-order valence-electron chi connectivity index (χ2n) is 6.22. The average Bonchev–Trinajstić information content (AvgIpc) is 3.15. The maximum Gasteiger partial charge on any atom is 0.414 e. The Balaban J connectivity index is 0.000000409. The van der Waals surface area contributed by atoms with Crippen molar-refractivity contribution in [2.45, 2.75) is 19.3 Å². The Labute approximate surface area is 167 Å². The lowest BCUT2D eigenvalue weighted by Crippen LogP contribution is -2.25. The van der Waals surface area contributed by atoms with Crippen LogP contribution in [-0.2, 0) is 16.0 Å². The highest BCUT2D eigenvalue weighted by molar-refractivity contribution is 6.99. The van der Waals surface area contributed by atoms with E-state index in [1.807, 2.05) is 6.07 Å². The average molecular weight is 405 g/mol. The van der Waals surface area contributed by atoms with Crippen molar-refractivity contribution in [1.29, 1.82) is 0 Å². The fourth-order valence-electron chi connectivity index (χ4n) is 2.63. The molecule has 0 unspecified atom stereocenters. The van der Waals surface area contributed by atoms with E-state index >= 15 is 0 Å². The number of carboxylic acids is 2. The molecule has 150 valence electrons. The van der Waals surface area contributed by atoms with Crippen LogP contribution in [0, 0.1) is 0 Å². The first kappa shape index (κ1) is 21.5. The summed E-state index contributed by atoms with van der Waals surface area (Å²) < 4.78 is 14.6. The van der Waals surface area contributed by atoms with Gasteiger partial charge in [-0.15, -0.1) is 4.37 Å². The van der Waals surface area contributed by atoms with Gasteiger partial charge in [-0.25, -0.2) is 9.59 Å². The molecular weight excluding hydrogens is 382 g/mol. The SMILES string of the molecule is CN1CCC=C(c2nsnc2OCCCc2ccccc2)C1.O=C(O)C(=O)O. The van der Waals surface area contributed by atoms with Gasteiger partial charge in [0.1, 0.15) is 5.69 Å². The van der Waals surface area contributed by atoms with Crippen LogP contribution in [0.2, 0.25) is 0 Å². The van der Waals surface area contributed by atoms with Gasteiger partial charge >= 0.3 is 11.9 Å². The summed E-state index contributed by atoms with van der Waals surface area (Å²) in [5, 5.41) is 14.8. The summed E-state index contributed by atoms with van der Waals surface area (Å²) >= 11 is 1.23. The van der Waals surface area contributed by atoms with Crippen LogP contribution in [0.5, 0.6) is 5.88 Å². The maximum absolute atomic E-state index is 9.10. The smallest absolute Gasteiger partial charge is 0.414 e. The lowest BCUT2D eigenvalue weighted by Gasteiger charge is -2.22. The van der Waals surface area contributed by atoms with Gasteiger partial charge in [0, 0.05) is 13.1 Å². The number of rotatable bonds is 6. The molecule has 8 nitrogen and oxygen atoms in total. The molecular formula is C19H23N3O5S. The molecule has 28 heavy (non-hydrogen) atoms. The Morgan fingerprint density at radius 2 is 1.89 bits per heavy atom. The van der Waals surface area contributed by atoms with Gasteiger partial charge in [0.25, 0.3) is 5.88 Å². The van der Waals surface area contributed by atoms with E-state index in [1.165, 1.54) is 22.9 Å². The van der Waals surface area contributed by atoms with E-state index in [4.69, 9.17) is 24.5 Å². The van der Waals surface area contributed by atoms with Gasteiger partial charge in [0.05, 0.1) is 18.3 Å². The molecule has 1 aliphatic rings. The van der Waals surface area contributed by atoms with Crippen molar-refractivity contribution in [2.24, 2.45) is 0 Å². The number of benzene rings is 1. The molecule has 0 amide bonds. The molecule has 9 heteroatoms. The predicted molar refractivity (Wildman–Crippen MR) is 106 cm³/mol. The third kappa shape index (κ3) is 7.09. The molecule has 0 fully saturated rings. The van der Waals surface area contributed by atoms with Gasteiger partial charge in [-0.3, -0.25) is 0 Å². The van der Waals surface area contributed by atoms with Crippen molar-refractivity contribution >= 4 is 29.2 Å². The number of hydrogen-bond acceptors (Lipinski definition) is 7. The first-order valence-electron chi connectivity index (χ1n) is 8.81. The van der Waals surface area contributed by atoms with Gasteiger partial charge in [-0.05, 0) is 37.4 Å². The zero-order valence-corrected chi connectivity index (χ0v) is 16.4. The first-order valence-corrected chi connectivity index (χ1v) is 9.54. The lowest BCUT2D eigenvalue weighted by molar-refractivity contribution is -0.159. The second kappa shape index (κ2) is 11.2. The number of carbonyl (C=O) groups is 2. The number of aryl methyl sites for hydroxylation is 1. The van der Waals surface area contributed by atoms with Gasteiger partial charge in [0.2, 0.25) is 0 Å². The summed E-state index contributed by atoms with van der Waals surface area (Å²) in [6.45, 7) is 2.70. The Hall–Kier alpha value is -2.78. The number of likely N-dealkylation sites (N-methyl/N-ethyl adjacent to an activating group) is 1. The zero-order chi connectivity index (χ0) is 20.4. The first-order chi connectivity index (χ1) is 13.5. The minimum Gasteiger partial charge on any atom is -0.475 e. The van der Waals surface area contributed by atoms with Crippen molar-refractivity contribution in [3.8, 4) is 5.88 Å². The van der Waals surface area contributed by atoms with Gasteiger partial charge in [-0.2, -0.15) is 4.37 Å². The minimum absolute atomic E-state index is 0.677. The molecule has 0 saturated heterocycles. The van der Waals surface area contributed by atoms with Crippen molar-refractivity contribution in [1.82, 2.24) is 13.6 Å². The summed E-state index contributed by atoms with van der Waals surface area (Å²) in [6, 6.07) is 10.5. The third-order valence-electron chi connectivity index (χ3n) is 3.98. The molecule has 0 bridgehead atoms. The number of nitrogens with zero attached hydrogens (tertiary/aromatic N) is 3. The number of hydrogen-bond donors (Lipinski definition) is 2. The fourth-order valence-corrected chi connectivity index (χ4v) is 3.16. The second-order valence-corrected chi connectivity index (χ2v) is 6.75. The number of aliphatic carboxylic acids is 2. The molecule has 0 atom stereocenters. The Bertz CT molecular complexity index is 795. The van der Waals surface area contributed by atoms with Crippen molar-refractivity contribution in [3.05, 3.63) is 47.7 Å². The van der Waals surface area contributed by atoms with Crippen LogP contribution in [0.15, 0.2) is 36.4 Å². The molecule has 2 heterocycles. The predicted octanol–water partition coefficient (Wildman–Crippen LogP) is 2.42. The van der Waals surface area contributed by atoms with Crippen LogP contribution >= 0.6 is 11.7 Å². The molecule has 2 aromatic rings. The molecule has 0 spiro atoms. The molecule has 1 aliphatic heterocycles. The van der Waals surface area contributed by atoms with E-state index in [1.54, 1.807) is 0 Å². The number of ether oxygens (including phenoxy) is 1. The van der Waals surface area contributed by atoms with Gasteiger partial charge in [0.15, 0.2) is 0 Å². The monoisotopic (exact) mass is 405 g/mol. The molecule has 0 aliphatic carbocycles. The largest absolute Gasteiger partial charge is 0.475 e. The Kier molecular flexibility index (Phi) is 8.57. The standard InChI is InChI=1S/C17H21N3OS.C2H2O4/c1-20-11-5-10-15(13-20)16-17(19-22-18-16)21-12-6-9-14-7-3-2-4-8-14;3-1(4)2(5)6/h2-4,7-8,10H,5-6,9,11-13H2,1H3;(H,3,4)(H,5,6). The number of carboxylic acid groups (broad SMARTS) is 2. The Morgan fingerprint density at radius 3 is 2.54 bits per heavy atom. The van der Waals surface area contributed by atoms with Crippen LogP contribution in [0.4, 0.5) is 0 Å². The third-order valence-corrected chi connectivity index (χ3v) is 4.49. The fraction of sp³-hybridized carbons (Fsp3) is 0.368. The molecule has 1 aromatic carbocycles. The van der Waals surface area contributed by atoms with E-state index < -0.39 is 11.9 Å². The summed E-state index contributed by atoms with van der Waals surface area (Å²) in [4.78, 5) is 20.5. The van der Waals surface area contributed by atoms with Crippen molar-refractivity contribution < 1.29 is 24.5 Å². The quantitative estimate of drug-likeness (QED) is 0.556. The zero-order valence-electron chi connectivity index (χ0n) is 15.6. The summed E-state index contributed by atoms with van der Waals surface area (Å²) in [6.07, 6.45) is 5.34. The van der Waals surface area contributed by atoms with E-state index in [-0.39, 0.29) is 0 Å². The van der Waals surface area contributed by atoms with E-state index in [0.29, 0.717) is 12.5 Å². The lowest BCUT2D eigenvalue weighted by atomic mass is 10.1. The normalized spacial score (nSPS) is 13.8. The van der Waals surface area contributed by atoms with Crippen molar-refractivity contribution in [2.75, 3.05) is 26.7 Å². The van der Waals surface area contributed by atoms with Crippen LogP contribution < -0.4 is 4.74 Å². The minimum atomic E-state index is -1.82. The maximum atomic E-state index is 9.10. The number of aromatic nitrogens is 2. The molecule has 0 radical (unpaired) electrons.